The van der Waals surface area contributed by atoms with Crippen molar-refractivity contribution in [1.82, 2.24) is 0 Å². The Hall–Kier alpha value is -0.570. The Kier molecular flexibility index (Phi) is 4.39. The van der Waals surface area contributed by atoms with Crippen molar-refractivity contribution in [2.24, 2.45) is 0 Å². The van der Waals surface area contributed by atoms with Crippen LogP contribution in [0.3, 0.4) is 0 Å². The third-order valence-corrected chi connectivity index (χ3v) is 2.47. The van der Waals surface area contributed by atoms with Crippen molar-refractivity contribution in [2.45, 2.75) is 32.0 Å². The van der Waals surface area contributed by atoms with Crippen LogP contribution in [0.5, 0.6) is 0 Å². The van der Waals surface area contributed by atoms with Gasteiger partial charge in [-0.2, -0.15) is 0 Å². The summed E-state index contributed by atoms with van der Waals surface area (Å²) in [5, 5.41) is 19.6. The number of rotatable bonds is 4. The summed E-state index contributed by atoms with van der Waals surface area (Å²) in [7, 11) is 0. The molecule has 0 spiro atoms. The van der Waals surface area contributed by atoms with E-state index in [2.05, 4.69) is 0 Å². The van der Waals surface area contributed by atoms with E-state index in [1.165, 1.54) is 0 Å². The highest BCUT2D eigenvalue weighted by Gasteiger charge is 2.14. The molecule has 0 aliphatic rings. The number of halogens is 1. The predicted octanol–water partition coefficient (Wildman–Crippen LogP) is 2.01. The number of hydrogen-bond acceptors (Lipinski definition) is 2. The fraction of sp³-hybridized carbons (Fsp3) is 0.455. The highest BCUT2D eigenvalue weighted by molar-refractivity contribution is 6.30. The second kappa shape index (κ2) is 5.35. The van der Waals surface area contributed by atoms with E-state index in [4.69, 9.17) is 11.6 Å². The molecule has 0 bridgehead atoms. The molecule has 0 amide bonds. The molecule has 3 heteroatoms. The van der Waals surface area contributed by atoms with Gasteiger partial charge in [0.2, 0.25) is 0 Å². The molecule has 78 valence electrons. The monoisotopic (exact) mass is 214 g/mol. The Morgan fingerprint density at radius 2 is 1.71 bits per heavy atom. The third-order valence-electron chi connectivity index (χ3n) is 2.22. The Morgan fingerprint density at radius 1 is 1.14 bits per heavy atom. The molecule has 1 rings (SSSR count). The standard InChI is InChI=1S/C11H15ClO2/c1-2-10(13)11(14)7-8-3-5-9(12)6-4-8/h3-6,10-11,13-14H,2,7H2,1H3. The van der Waals surface area contributed by atoms with Gasteiger partial charge >= 0.3 is 0 Å². The molecular weight excluding hydrogens is 200 g/mol. The maximum absolute atomic E-state index is 9.56. The van der Waals surface area contributed by atoms with Crippen molar-refractivity contribution in [3.05, 3.63) is 34.9 Å². The molecule has 0 heterocycles. The van der Waals surface area contributed by atoms with Gasteiger partial charge in [-0.25, -0.2) is 0 Å². The summed E-state index contributed by atoms with van der Waals surface area (Å²) in [6.45, 7) is 1.84. The minimum absolute atomic E-state index is 0.464. The van der Waals surface area contributed by atoms with Gasteiger partial charge in [-0.1, -0.05) is 30.7 Å². The number of benzene rings is 1. The fourth-order valence-electron chi connectivity index (χ4n) is 1.27. The van der Waals surface area contributed by atoms with Crippen molar-refractivity contribution in [3.8, 4) is 0 Å². The van der Waals surface area contributed by atoms with Crippen molar-refractivity contribution < 1.29 is 10.2 Å². The topological polar surface area (TPSA) is 40.5 Å². The SMILES string of the molecule is CCC(O)C(O)Cc1ccc(Cl)cc1. The highest BCUT2D eigenvalue weighted by Crippen LogP contribution is 2.12. The summed E-state index contributed by atoms with van der Waals surface area (Å²) >= 11 is 5.73. The summed E-state index contributed by atoms with van der Waals surface area (Å²) in [6, 6.07) is 7.27. The minimum Gasteiger partial charge on any atom is -0.390 e. The summed E-state index contributed by atoms with van der Waals surface area (Å²) in [6.07, 6.45) is -0.312. The molecule has 1 aromatic rings. The zero-order valence-corrected chi connectivity index (χ0v) is 8.91. The summed E-state index contributed by atoms with van der Waals surface area (Å²) in [5.74, 6) is 0. The van der Waals surface area contributed by atoms with E-state index in [0.29, 0.717) is 17.9 Å². The lowest BCUT2D eigenvalue weighted by Crippen LogP contribution is -2.27. The van der Waals surface area contributed by atoms with E-state index < -0.39 is 12.2 Å². The zero-order valence-electron chi connectivity index (χ0n) is 8.15. The van der Waals surface area contributed by atoms with Crippen molar-refractivity contribution in [2.75, 3.05) is 0 Å². The van der Waals surface area contributed by atoms with Crippen LogP contribution in [0.1, 0.15) is 18.9 Å². The molecule has 14 heavy (non-hydrogen) atoms. The van der Waals surface area contributed by atoms with Crippen molar-refractivity contribution in [3.63, 3.8) is 0 Å². The minimum atomic E-state index is -0.693. The van der Waals surface area contributed by atoms with E-state index >= 15 is 0 Å². The lowest BCUT2D eigenvalue weighted by atomic mass is 10.0. The number of aliphatic hydroxyl groups excluding tert-OH is 2. The lowest BCUT2D eigenvalue weighted by Gasteiger charge is -2.15. The van der Waals surface area contributed by atoms with Gasteiger partial charge in [0.25, 0.3) is 0 Å². The molecular formula is C11H15ClO2. The average molecular weight is 215 g/mol. The molecule has 0 saturated carbocycles. The Balaban J connectivity index is 2.56. The molecule has 0 saturated heterocycles. The average Bonchev–Trinajstić information content (AvgIpc) is 2.20. The third kappa shape index (κ3) is 3.29. The van der Waals surface area contributed by atoms with Gasteiger partial charge in [-0.3, -0.25) is 0 Å². The van der Waals surface area contributed by atoms with Crippen LogP contribution < -0.4 is 0 Å². The maximum atomic E-state index is 9.56. The molecule has 0 aliphatic carbocycles. The first-order valence-corrected chi connectivity index (χ1v) is 5.12. The largest absolute Gasteiger partial charge is 0.390 e. The highest BCUT2D eigenvalue weighted by atomic mass is 35.5. The van der Waals surface area contributed by atoms with Crippen LogP contribution in [0, 0.1) is 0 Å². The first kappa shape index (κ1) is 11.5. The molecule has 0 fully saturated rings. The molecule has 2 unspecified atom stereocenters. The van der Waals surface area contributed by atoms with E-state index in [9.17, 15) is 10.2 Å². The van der Waals surface area contributed by atoms with Gasteiger partial charge in [-0.05, 0) is 24.1 Å². The predicted molar refractivity (Wildman–Crippen MR) is 57.5 cm³/mol. The van der Waals surface area contributed by atoms with E-state index in [0.717, 1.165) is 5.56 Å². The van der Waals surface area contributed by atoms with Crippen LogP contribution in [-0.4, -0.2) is 22.4 Å². The molecule has 0 radical (unpaired) electrons. The van der Waals surface area contributed by atoms with Crippen LogP contribution in [-0.2, 0) is 6.42 Å². The Morgan fingerprint density at radius 3 is 2.21 bits per heavy atom. The van der Waals surface area contributed by atoms with Crippen molar-refractivity contribution in [1.29, 1.82) is 0 Å². The van der Waals surface area contributed by atoms with Gasteiger partial charge in [0.05, 0.1) is 12.2 Å². The second-order valence-electron chi connectivity index (χ2n) is 3.37. The lowest BCUT2D eigenvalue weighted by molar-refractivity contribution is 0.0182. The van der Waals surface area contributed by atoms with Gasteiger partial charge in [0.1, 0.15) is 0 Å². The van der Waals surface area contributed by atoms with Gasteiger partial charge < -0.3 is 10.2 Å². The summed E-state index contributed by atoms with van der Waals surface area (Å²) in [4.78, 5) is 0. The fourth-order valence-corrected chi connectivity index (χ4v) is 1.40. The molecule has 1 aromatic carbocycles. The van der Waals surface area contributed by atoms with E-state index in [1.54, 1.807) is 12.1 Å². The van der Waals surface area contributed by atoms with Gasteiger partial charge in [0, 0.05) is 11.4 Å². The number of hydrogen-bond donors (Lipinski definition) is 2. The van der Waals surface area contributed by atoms with Crippen molar-refractivity contribution >= 4 is 11.6 Å². The van der Waals surface area contributed by atoms with Gasteiger partial charge in [0.15, 0.2) is 0 Å². The quantitative estimate of drug-likeness (QED) is 0.805. The van der Waals surface area contributed by atoms with Crippen LogP contribution in [0.2, 0.25) is 5.02 Å². The molecule has 2 atom stereocenters. The van der Waals surface area contributed by atoms with E-state index in [1.807, 2.05) is 19.1 Å². The van der Waals surface area contributed by atoms with Crippen LogP contribution >= 0.6 is 11.6 Å². The zero-order chi connectivity index (χ0) is 10.6. The maximum Gasteiger partial charge on any atom is 0.0839 e. The van der Waals surface area contributed by atoms with Crippen LogP contribution in [0.15, 0.2) is 24.3 Å². The van der Waals surface area contributed by atoms with Crippen LogP contribution in [0.25, 0.3) is 0 Å². The second-order valence-corrected chi connectivity index (χ2v) is 3.81. The Bertz CT molecular complexity index is 271. The molecule has 0 aliphatic heterocycles. The molecule has 0 aromatic heterocycles. The Labute approximate surface area is 89.1 Å². The number of aliphatic hydroxyl groups is 2. The first-order chi connectivity index (χ1) is 6.63. The van der Waals surface area contributed by atoms with Crippen LogP contribution in [0.4, 0.5) is 0 Å². The van der Waals surface area contributed by atoms with Gasteiger partial charge in [-0.15, -0.1) is 0 Å². The summed E-state index contributed by atoms with van der Waals surface area (Å²) < 4.78 is 0. The normalized spacial score (nSPS) is 15.1. The summed E-state index contributed by atoms with van der Waals surface area (Å²) in [5.41, 5.74) is 0.981. The first-order valence-electron chi connectivity index (χ1n) is 4.74. The molecule has 2 N–H and O–H groups in total. The van der Waals surface area contributed by atoms with E-state index in [-0.39, 0.29) is 0 Å². The molecule has 2 nitrogen and oxygen atoms in total. The smallest absolute Gasteiger partial charge is 0.0839 e.